The van der Waals surface area contributed by atoms with E-state index in [1.807, 2.05) is 48.3 Å². The van der Waals surface area contributed by atoms with Gasteiger partial charge in [0.15, 0.2) is 0 Å². The van der Waals surface area contributed by atoms with Crippen LogP contribution >= 0.6 is 11.8 Å². The Morgan fingerprint density at radius 1 is 1.21 bits per heavy atom. The number of nitrogens with zero attached hydrogens (tertiary/aromatic N) is 2. The fraction of sp³-hybridized carbons (Fsp3) is 0.250. The molecule has 0 saturated carbocycles. The number of nitriles is 1. The minimum atomic E-state index is 0.442. The van der Waals surface area contributed by atoms with E-state index in [4.69, 9.17) is 5.26 Å². The van der Waals surface area contributed by atoms with Crippen LogP contribution in [-0.4, -0.2) is 4.98 Å². The minimum absolute atomic E-state index is 0.442. The number of fused-ring (bicyclic) bond motifs is 1. The smallest absolute Gasteiger partial charge is 0.0991 e. The molecule has 0 radical (unpaired) electrons. The van der Waals surface area contributed by atoms with Crippen molar-refractivity contribution in [2.45, 2.75) is 29.4 Å². The van der Waals surface area contributed by atoms with Crippen molar-refractivity contribution in [3.05, 3.63) is 59.4 Å². The first-order valence-electron chi connectivity index (χ1n) is 6.47. The second-order valence-corrected chi connectivity index (χ2v) is 5.96. The van der Waals surface area contributed by atoms with Crippen LogP contribution in [0.15, 0.2) is 47.5 Å². The van der Waals surface area contributed by atoms with Gasteiger partial charge >= 0.3 is 0 Å². The molecular formula is C16H14N2S. The molecule has 1 unspecified atom stereocenters. The Bertz CT molecular complexity index is 613. The van der Waals surface area contributed by atoms with Gasteiger partial charge in [-0.3, -0.25) is 4.98 Å². The number of aryl methyl sites for hydroxylation is 1. The fourth-order valence-corrected chi connectivity index (χ4v) is 3.68. The van der Waals surface area contributed by atoms with Gasteiger partial charge in [0, 0.05) is 11.1 Å². The quantitative estimate of drug-likeness (QED) is 0.820. The minimum Gasteiger partial charge on any atom is -0.260 e. The maximum Gasteiger partial charge on any atom is 0.0991 e. The van der Waals surface area contributed by atoms with Crippen LogP contribution in [0, 0.1) is 11.3 Å². The fourth-order valence-electron chi connectivity index (χ4n) is 2.45. The number of benzene rings is 1. The van der Waals surface area contributed by atoms with Crippen LogP contribution in [0.25, 0.3) is 0 Å². The van der Waals surface area contributed by atoms with Gasteiger partial charge in [0.05, 0.1) is 22.6 Å². The summed E-state index contributed by atoms with van der Waals surface area (Å²) in [4.78, 5) is 5.77. The first-order valence-corrected chi connectivity index (χ1v) is 7.35. The lowest BCUT2D eigenvalue weighted by molar-refractivity contribution is 0.656. The van der Waals surface area contributed by atoms with E-state index >= 15 is 0 Å². The van der Waals surface area contributed by atoms with Crippen molar-refractivity contribution in [1.82, 2.24) is 4.98 Å². The third kappa shape index (κ3) is 2.64. The topological polar surface area (TPSA) is 36.7 Å². The highest BCUT2D eigenvalue weighted by molar-refractivity contribution is 7.99. The van der Waals surface area contributed by atoms with E-state index in [2.05, 4.69) is 17.1 Å². The summed E-state index contributed by atoms with van der Waals surface area (Å²) in [5.41, 5.74) is 3.34. The van der Waals surface area contributed by atoms with Crippen LogP contribution in [0.5, 0.6) is 0 Å². The van der Waals surface area contributed by atoms with Crippen molar-refractivity contribution < 1.29 is 0 Å². The number of thioether (sulfide) groups is 1. The molecule has 1 heterocycles. The average molecular weight is 266 g/mol. The summed E-state index contributed by atoms with van der Waals surface area (Å²) in [5.74, 6) is 0. The Balaban J connectivity index is 1.82. The maximum absolute atomic E-state index is 8.81. The van der Waals surface area contributed by atoms with E-state index in [0.717, 1.165) is 6.42 Å². The van der Waals surface area contributed by atoms with Crippen LogP contribution in [0.1, 0.15) is 34.9 Å². The van der Waals surface area contributed by atoms with Crippen LogP contribution in [0.2, 0.25) is 0 Å². The molecule has 3 rings (SSSR count). The molecule has 94 valence electrons. The van der Waals surface area contributed by atoms with Crippen molar-refractivity contribution >= 4 is 11.8 Å². The highest BCUT2D eigenvalue weighted by Crippen LogP contribution is 2.42. The van der Waals surface area contributed by atoms with Crippen molar-refractivity contribution in [3.8, 4) is 6.07 Å². The zero-order valence-electron chi connectivity index (χ0n) is 10.5. The number of pyridine rings is 1. The largest absolute Gasteiger partial charge is 0.260 e. The summed E-state index contributed by atoms with van der Waals surface area (Å²) in [6, 6.07) is 14.2. The van der Waals surface area contributed by atoms with Crippen molar-refractivity contribution in [1.29, 1.82) is 5.26 Å². The molecule has 3 heteroatoms. The maximum atomic E-state index is 8.81. The summed E-state index contributed by atoms with van der Waals surface area (Å²) in [6.07, 6.45) is 5.44. The van der Waals surface area contributed by atoms with Gasteiger partial charge in [0.25, 0.3) is 0 Å². The Morgan fingerprint density at radius 2 is 2.05 bits per heavy atom. The first kappa shape index (κ1) is 12.3. The normalized spacial score (nSPS) is 17.5. The van der Waals surface area contributed by atoms with Gasteiger partial charge < -0.3 is 0 Å². The van der Waals surface area contributed by atoms with E-state index in [9.17, 15) is 0 Å². The molecule has 2 nitrogen and oxygen atoms in total. The van der Waals surface area contributed by atoms with Crippen molar-refractivity contribution in [3.63, 3.8) is 0 Å². The molecule has 1 atom stereocenters. The van der Waals surface area contributed by atoms with Gasteiger partial charge in [-0.25, -0.2) is 0 Å². The summed E-state index contributed by atoms with van der Waals surface area (Å²) < 4.78 is 0. The van der Waals surface area contributed by atoms with Crippen molar-refractivity contribution in [2.24, 2.45) is 0 Å². The second kappa shape index (κ2) is 5.46. The lowest BCUT2D eigenvalue weighted by Crippen LogP contribution is -2.08. The molecule has 0 bridgehead atoms. The molecule has 1 aromatic carbocycles. The van der Waals surface area contributed by atoms with E-state index in [0.29, 0.717) is 10.8 Å². The van der Waals surface area contributed by atoms with Gasteiger partial charge in [0.1, 0.15) is 0 Å². The summed E-state index contributed by atoms with van der Waals surface area (Å²) >= 11 is 1.85. The molecule has 19 heavy (non-hydrogen) atoms. The SMILES string of the molecule is N#Cc1ccc(SC2CCCc3cccnc32)cc1. The molecule has 0 saturated heterocycles. The van der Waals surface area contributed by atoms with Gasteiger partial charge in [-0.05, 0) is 55.2 Å². The summed E-state index contributed by atoms with van der Waals surface area (Å²) in [6.45, 7) is 0. The Kier molecular flexibility index (Phi) is 3.52. The molecule has 0 fully saturated rings. The van der Waals surface area contributed by atoms with Gasteiger partial charge in [0.2, 0.25) is 0 Å². The Labute approximate surface area is 117 Å². The summed E-state index contributed by atoms with van der Waals surface area (Å²) in [7, 11) is 0. The predicted molar refractivity (Wildman–Crippen MR) is 76.9 cm³/mol. The van der Waals surface area contributed by atoms with E-state index < -0.39 is 0 Å². The Morgan fingerprint density at radius 3 is 2.84 bits per heavy atom. The van der Waals surface area contributed by atoms with E-state index in [1.54, 1.807) is 0 Å². The third-order valence-electron chi connectivity index (χ3n) is 3.41. The summed E-state index contributed by atoms with van der Waals surface area (Å²) in [5, 5.41) is 9.26. The molecule has 1 aromatic heterocycles. The van der Waals surface area contributed by atoms with Gasteiger partial charge in [-0.2, -0.15) is 5.26 Å². The standard InChI is InChI=1S/C16H14N2S/c17-11-12-6-8-14(9-7-12)19-15-5-1-3-13-4-2-10-18-16(13)15/h2,4,6-10,15H,1,3,5H2. The second-order valence-electron chi connectivity index (χ2n) is 4.68. The molecule has 1 aliphatic rings. The van der Waals surface area contributed by atoms with Crippen LogP contribution in [0.4, 0.5) is 0 Å². The van der Waals surface area contributed by atoms with Gasteiger partial charge in [-0.15, -0.1) is 11.8 Å². The van der Waals surface area contributed by atoms with E-state index in [1.165, 1.54) is 29.0 Å². The molecule has 0 amide bonds. The highest BCUT2D eigenvalue weighted by atomic mass is 32.2. The first-order chi connectivity index (χ1) is 9.36. The van der Waals surface area contributed by atoms with E-state index in [-0.39, 0.29) is 0 Å². The third-order valence-corrected chi connectivity index (χ3v) is 4.69. The molecule has 0 N–H and O–H groups in total. The number of rotatable bonds is 2. The van der Waals surface area contributed by atoms with Crippen molar-refractivity contribution in [2.75, 3.05) is 0 Å². The molecule has 0 aliphatic heterocycles. The zero-order chi connectivity index (χ0) is 13.1. The molecule has 1 aliphatic carbocycles. The lowest BCUT2D eigenvalue weighted by Gasteiger charge is -2.23. The number of aromatic nitrogens is 1. The monoisotopic (exact) mass is 266 g/mol. The predicted octanol–water partition coefficient (Wildman–Crippen LogP) is 4.12. The average Bonchev–Trinajstić information content (AvgIpc) is 2.48. The molecule has 0 spiro atoms. The van der Waals surface area contributed by atoms with Crippen LogP contribution < -0.4 is 0 Å². The van der Waals surface area contributed by atoms with Gasteiger partial charge in [-0.1, -0.05) is 6.07 Å². The lowest BCUT2D eigenvalue weighted by atomic mass is 9.96. The highest BCUT2D eigenvalue weighted by Gasteiger charge is 2.22. The number of hydrogen-bond acceptors (Lipinski definition) is 3. The van der Waals surface area contributed by atoms with Crippen LogP contribution in [0.3, 0.4) is 0 Å². The van der Waals surface area contributed by atoms with Crippen LogP contribution in [-0.2, 0) is 6.42 Å². The molecule has 2 aromatic rings. The number of hydrogen-bond donors (Lipinski definition) is 0. The zero-order valence-corrected chi connectivity index (χ0v) is 11.4. The Hall–Kier alpha value is -1.79. The molecular weight excluding hydrogens is 252 g/mol.